The van der Waals surface area contributed by atoms with Gasteiger partial charge in [0, 0.05) is 7.05 Å². The molecule has 0 amide bonds. The molecule has 0 spiro atoms. The Kier molecular flexibility index (Phi) is 9.69. The lowest BCUT2D eigenvalue weighted by Crippen LogP contribution is -2.39. The highest BCUT2D eigenvalue weighted by atomic mass is 32.2. The van der Waals surface area contributed by atoms with Crippen LogP contribution < -0.4 is 10.0 Å². The first-order valence-electron chi connectivity index (χ1n) is 14.0. The molecule has 2 saturated carbocycles. The number of hydrogen-bond acceptors (Lipinski definition) is 2. The van der Waals surface area contributed by atoms with Crippen LogP contribution >= 0.6 is 7.92 Å². The predicted molar refractivity (Wildman–Crippen MR) is 157 cm³/mol. The molecule has 0 aromatic heterocycles. The molecular formula is C31H46NO2PS. The van der Waals surface area contributed by atoms with Gasteiger partial charge in [-0.3, -0.25) is 0 Å². The molecule has 0 bridgehead atoms. The smallest absolute Gasteiger partial charge is 0.118 e. The highest BCUT2D eigenvalue weighted by Crippen LogP contribution is 2.56. The molecule has 2 atom stereocenters. The molecule has 198 valence electrons. The summed E-state index contributed by atoms with van der Waals surface area (Å²) in [5.41, 5.74) is 4.21. The summed E-state index contributed by atoms with van der Waals surface area (Å²) in [7, 11) is 2.36. The van der Waals surface area contributed by atoms with Gasteiger partial charge >= 0.3 is 0 Å². The number of nitrogens with zero attached hydrogens (tertiary/aromatic N) is 1. The zero-order valence-corrected chi connectivity index (χ0v) is 24.8. The van der Waals surface area contributed by atoms with Gasteiger partial charge in [-0.15, -0.1) is 0 Å². The number of rotatable bonds is 8. The third-order valence-corrected chi connectivity index (χ3v) is 13.4. The second-order valence-electron chi connectivity index (χ2n) is 11.6. The number of ether oxygens (including phenoxy) is 1. The topological polar surface area (TPSA) is 29.5 Å². The maximum absolute atomic E-state index is 13.8. The van der Waals surface area contributed by atoms with Crippen LogP contribution in [0.4, 0.5) is 0 Å². The van der Waals surface area contributed by atoms with Crippen LogP contribution in [0.5, 0.6) is 5.75 Å². The van der Waals surface area contributed by atoms with Crippen LogP contribution in [0.15, 0.2) is 48.5 Å². The summed E-state index contributed by atoms with van der Waals surface area (Å²) in [6.45, 7) is 6.23. The van der Waals surface area contributed by atoms with Crippen molar-refractivity contribution in [2.24, 2.45) is 0 Å². The minimum absolute atomic E-state index is 0.0515. The van der Waals surface area contributed by atoms with Crippen molar-refractivity contribution in [3.63, 3.8) is 0 Å². The molecule has 2 aliphatic carbocycles. The van der Waals surface area contributed by atoms with Gasteiger partial charge in [-0.2, -0.15) is 0 Å². The Hall–Kier alpha value is -1.22. The molecule has 2 aromatic carbocycles. The zero-order valence-electron chi connectivity index (χ0n) is 23.0. The third-order valence-electron chi connectivity index (χ3n) is 8.03. The summed E-state index contributed by atoms with van der Waals surface area (Å²) < 4.78 is 21.0. The number of methoxy groups -OCH3 is 1. The molecule has 3 nitrogen and oxygen atoms in total. The van der Waals surface area contributed by atoms with E-state index in [1.54, 1.807) is 12.4 Å². The van der Waals surface area contributed by atoms with Crippen molar-refractivity contribution in [1.29, 1.82) is 0 Å². The molecule has 2 fully saturated rings. The van der Waals surface area contributed by atoms with Crippen molar-refractivity contribution in [2.45, 2.75) is 107 Å². The van der Waals surface area contributed by atoms with E-state index in [-0.39, 0.29) is 18.7 Å². The lowest BCUT2D eigenvalue weighted by Gasteiger charge is -2.41. The molecule has 4 rings (SSSR count). The summed E-state index contributed by atoms with van der Waals surface area (Å²) in [6, 6.07) is 17.6. The Bertz CT molecular complexity index is 972. The number of hydrogen-bond donors (Lipinski definition) is 0. The van der Waals surface area contributed by atoms with E-state index in [1.807, 2.05) is 12.1 Å². The summed E-state index contributed by atoms with van der Waals surface area (Å²) in [5, 5.41) is 1.57. The molecule has 0 aliphatic heterocycles. The van der Waals surface area contributed by atoms with Gasteiger partial charge in [-0.25, -0.2) is 8.51 Å². The van der Waals surface area contributed by atoms with E-state index in [9.17, 15) is 4.21 Å². The Balaban J connectivity index is 1.83. The molecule has 2 aromatic rings. The lowest BCUT2D eigenvalue weighted by atomic mass is 9.98. The van der Waals surface area contributed by atoms with E-state index in [0.29, 0.717) is 0 Å². The van der Waals surface area contributed by atoms with Crippen LogP contribution in [0.25, 0.3) is 0 Å². The minimum atomic E-state index is -1.14. The van der Waals surface area contributed by atoms with Crippen LogP contribution in [0.1, 0.15) is 102 Å². The van der Waals surface area contributed by atoms with Gasteiger partial charge in [-0.1, -0.05) is 82.8 Å². The molecular weight excluding hydrogens is 481 g/mol. The van der Waals surface area contributed by atoms with Gasteiger partial charge in [0.05, 0.1) is 17.9 Å². The summed E-state index contributed by atoms with van der Waals surface area (Å²) in [6.07, 6.45) is 13.9. The fourth-order valence-corrected chi connectivity index (χ4v) is 11.5. The first kappa shape index (κ1) is 27.8. The maximum Gasteiger partial charge on any atom is 0.118 e. The van der Waals surface area contributed by atoms with Crippen LogP contribution in [0, 0.1) is 0 Å². The molecule has 0 radical (unpaired) electrons. The molecule has 5 heteroatoms. The standard InChI is InChI=1S/C31H46NO2PS/c1-31(2,3)36(33)32(4)30(24-20-22-25(34-5)23-21-24)28-18-12-13-19-29(28)35(26-14-8-6-9-15-26)27-16-10-7-11-17-27/h12-13,18-23,26-27,30H,6-11,14-17H2,1-5H3/t30-,36+/m1/s1. The minimum Gasteiger partial charge on any atom is -0.497 e. The van der Waals surface area contributed by atoms with Crippen LogP contribution in [0.3, 0.4) is 0 Å². The average Bonchev–Trinajstić information content (AvgIpc) is 2.90. The van der Waals surface area contributed by atoms with Crippen molar-refractivity contribution in [3.8, 4) is 5.75 Å². The summed E-state index contributed by atoms with van der Waals surface area (Å²) >= 11 is 0. The summed E-state index contributed by atoms with van der Waals surface area (Å²) in [4.78, 5) is 0. The van der Waals surface area contributed by atoms with E-state index in [0.717, 1.165) is 17.1 Å². The Morgan fingerprint density at radius 2 is 1.39 bits per heavy atom. The van der Waals surface area contributed by atoms with Gasteiger partial charge in [0.25, 0.3) is 0 Å². The second-order valence-corrected chi connectivity index (χ2v) is 16.7. The Morgan fingerprint density at radius 3 is 1.89 bits per heavy atom. The predicted octanol–water partition coefficient (Wildman–Crippen LogP) is 7.95. The van der Waals surface area contributed by atoms with E-state index in [1.165, 1.54) is 75.3 Å². The van der Waals surface area contributed by atoms with Crippen LogP contribution in [-0.4, -0.2) is 38.7 Å². The summed E-state index contributed by atoms with van der Waals surface area (Å²) in [5.74, 6) is 0.858. The fraction of sp³-hybridized carbons (Fsp3) is 0.613. The van der Waals surface area contributed by atoms with E-state index in [2.05, 4.69) is 68.5 Å². The van der Waals surface area contributed by atoms with Crippen molar-refractivity contribution in [2.75, 3.05) is 14.2 Å². The average molecular weight is 528 g/mol. The zero-order chi connectivity index (χ0) is 25.7. The normalized spacial score (nSPS) is 20.0. The van der Waals surface area contributed by atoms with Crippen molar-refractivity contribution >= 4 is 24.2 Å². The highest BCUT2D eigenvalue weighted by molar-refractivity contribution is 7.84. The molecule has 2 aliphatic rings. The van der Waals surface area contributed by atoms with Gasteiger partial charge < -0.3 is 4.74 Å². The van der Waals surface area contributed by atoms with Gasteiger partial charge in [-0.05, 0) is 86.3 Å². The van der Waals surface area contributed by atoms with E-state index < -0.39 is 11.0 Å². The van der Waals surface area contributed by atoms with Gasteiger partial charge in [0.15, 0.2) is 0 Å². The van der Waals surface area contributed by atoms with Crippen LogP contribution in [0.2, 0.25) is 0 Å². The Labute approximate surface area is 223 Å². The Morgan fingerprint density at radius 1 is 0.861 bits per heavy atom. The van der Waals surface area contributed by atoms with Crippen LogP contribution in [-0.2, 0) is 11.0 Å². The SMILES string of the molecule is COc1ccc([C@H](c2ccccc2P(C2CCCCC2)C2CCCCC2)N(C)[S@@](=O)C(C)(C)C)cc1. The second kappa shape index (κ2) is 12.5. The molecule has 0 unspecified atom stereocenters. The van der Waals surface area contributed by atoms with Crippen molar-refractivity contribution < 1.29 is 8.95 Å². The molecule has 0 saturated heterocycles. The fourth-order valence-electron chi connectivity index (χ4n) is 6.26. The quantitative estimate of drug-likeness (QED) is 0.326. The van der Waals surface area contributed by atoms with E-state index >= 15 is 0 Å². The molecule has 36 heavy (non-hydrogen) atoms. The van der Waals surface area contributed by atoms with Crippen molar-refractivity contribution in [3.05, 3.63) is 59.7 Å². The first-order valence-corrected chi connectivity index (χ1v) is 16.6. The van der Waals surface area contributed by atoms with E-state index in [4.69, 9.17) is 4.74 Å². The van der Waals surface area contributed by atoms with Crippen molar-refractivity contribution in [1.82, 2.24) is 4.31 Å². The van der Waals surface area contributed by atoms with Gasteiger partial charge in [0.2, 0.25) is 0 Å². The molecule has 0 N–H and O–H groups in total. The number of benzene rings is 2. The lowest BCUT2D eigenvalue weighted by molar-refractivity contribution is 0.413. The monoisotopic (exact) mass is 527 g/mol. The molecule has 0 heterocycles. The highest BCUT2D eigenvalue weighted by Gasteiger charge is 2.37. The largest absolute Gasteiger partial charge is 0.497 e. The maximum atomic E-state index is 13.8. The van der Waals surface area contributed by atoms with Gasteiger partial charge in [0.1, 0.15) is 16.7 Å². The third kappa shape index (κ3) is 6.43. The first-order chi connectivity index (χ1) is 17.3.